The van der Waals surface area contributed by atoms with Gasteiger partial charge in [0.15, 0.2) is 6.04 Å². The van der Waals surface area contributed by atoms with Crippen molar-refractivity contribution in [3.05, 3.63) is 22.4 Å². The molecule has 1 heterocycles. The van der Waals surface area contributed by atoms with Crippen LogP contribution >= 0.6 is 11.3 Å². The molecule has 1 unspecified atom stereocenters. The van der Waals surface area contributed by atoms with Crippen LogP contribution in [0.15, 0.2) is 17.5 Å². The van der Waals surface area contributed by atoms with Crippen molar-refractivity contribution in [2.24, 2.45) is 11.1 Å². The molecule has 1 fully saturated rings. The van der Waals surface area contributed by atoms with E-state index in [0.29, 0.717) is 4.88 Å². The third-order valence-electron chi connectivity index (χ3n) is 4.28. The van der Waals surface area contributed by atoms with Crippen molar-refractivity contribution < 1.29 is 14.7 Å². The van der Waals surface area contributed by atoms with Crippen LogP contribution in [0.25, 0.3) is 0 Å². The maximum atomic E-state index is 12.7. The number of carbonyl (C=O) groups excluding carboxylic acids is 1. The van der Waals surface area contributed by atoms with Crippen LogP contribution in [-0.4, -0.2) is 23.5 Å². The van der Waals surface area contributed by atoms with Gasteiger partial charge in [0.25, 0.3) is 0 Å². The lowest BCUT2D eigenvalue weighted by molar-refractivity contribution is -0.144. The minimum absolute atomic E-state index is 0.215. The minimum Gasteiger partial charge on any atom is -0.479 e. The van der Waals surface area contributed by atoms with Crippen LogP contribution in [0.4, 0.5) is 0 Å². The number of thiophene rings is 1. The van der Waals surface area contributed by atoms with Crippen molar-refractivity contribution in [1.29, 1.82) is 0 Å². The molecule has 21 heavy (non-hydrogen) atoms. The van der Waals surface area contributed by atoms with Gasteiger partial charge < -0.3 is 16.2 Å². The molecule has 1 atom stereocenters. The van der Waals surface area contributed by atoms with Gasteiger partial charge in [-0.05, 0) is 24.3 Å². The summed E-state index contributed by atoms with van der Waals surface area (Å²) in [5.74, 6) is -1.25. The van der Waals surface area contributed by atoms with E-state index in [1.165, 1.54) is 11.3 Å². The molecule has 0 aromatic carbocycles. The smallest absolute Gasteiger partial charge is 0.331 e. The Bertz CT molecular complexity index is 479. The molecular formula is C15H22N2O3S. The number of nitrogens with one attached hydrogen (secondary N) is 1. The monoisotopic (exact) mass is 310 g/mol. The van der Waals surface area contributed by atoms with Gasteiger partial charge in [-0.1, -0.05) is 31.7 Å². The second-order valence-electron chi connectivity index (χ2n) is 5.66. The zero-order valence-electron chi connectivity index (χ0n) is 12.0. The van der Waals surface area contributed by atoms with Gasteiger partial charge in [-0.3, -0.25) is 4.79 Å². The largest absolute Gasteiger partial charge is 0.479 e. The number of carboxylic acids is 1. The fraction of sp³-hybridized carbons (Fsp3) is 0.600. The first-order valence-corrected chi connectivity index (χ1v) is 8.24. The quantitative estimate of drug-likeness (QED) is 0.728. The molecular weight excluding hydrogens is 288 g/mol. The van der Waals surface area contributed by atoms with Crippen LogP contribution in [0.5, 0.6) is 0 Å². The molecule has 2 rings (SSSR count). The normalized spacial score (nSPS) is 19.5. The molecule has 0 bridgehead atoms. The highest BCUT2D eigenvalue weighted by molar-refractivity contribution is 7.10. The lowest BCUT2D eigenvalue weighted by Gasteiger charge is -2.31. The summed E-state index contributed by atoms with van der Waals surface area (Å²) in [4.78, 5) is 24.7. The first-order valence-electron chi connectivity index (χ1n) is 7.36. The fourth-order valence-electron chi connectivity index (χ4n) is 2.92. The number of amides is 1. The molecule has 4 N–H and O–H groups in total. The summed E-state index contributed by atoms with van der Waals surface area (Å²) >= 11 is 1.33. The molecule has 0 radical (unpaired) electrons. The molecule has 6 heteroatoms. The van der Waals surface area contributed by atoms with Crippen LogP contribution in [0.2, 0.25) is 0 Å². The van der Waals surface area contributed by atoms with Crippen molar-refractivity contribution in [2.75, 3.05) is 6.54 Å². The number of carbonyl (C=O) groups is 2. The van der Waals surface area contributed by atoms with Gasteiger partial charge >= 0.3 is 5.97 Å². The van der Waals surface area contributed by atoms with E-state index in [-0.39, 0.29) is 12.5 Å². The molecule has 1 aromatic heterocycles. The zero-order valence-corrected chi connectivity index (χ0v) is 12.8. The standard InChI is InChI=1S/C15H22N2O3S/c16-10-15(7-3-1-2-4-8-15)14(20)17-12(13(18)19)11-6-5-9-21-11/h5-6,9,12H,1-4,7-8,10,16H2,(H,17,20)(H,18,19). The maximum absolute atomic E-state index is 12.7. The minimum atomic E-state index is -1.04. The number of aliphatic carboxylic acids is 1. The van der Waals surface area contributed by atoms with Crippen molar-refractivity contribution in [1.82, 2.24) is 5.32 Å². The van der Waals surface area contributed by atoms with Crippen LogP contribution in [0.3, 0.4) is 0 Å². The van der Waals surface area contributed by atoms with E-state index in [1.54, 1.807) is 12.1 Å². The molecule has 1 aliphatic carbocycles. The molecule has 1 amide bonds. The van der Waals surface area contributed by atoms with Crippen LogP contribution < -0.4 is 11.1 Å². The van der Waals surface area contributed by atoms with Gasteiger partial charge in [0.05, 0.1) is 5.41 Å². The first kappa shape index (κ1) is 16.0. The van der Waals surface area contributed by atoms with E-state index in [0.717, 1.165) is 38.5 Å². The number of carboxylic acid groups (broad SMARTS) is 1. The number of hydrogen-bond acceptors (Lipinski definition) is 4. The van der Waals surface area contributed by atoms with E-state index in [1.807, 2.05) is 5.38 Å². The third kappa shape index (κ3) is 3.63. The van der Waals surface area contributed by atoms with Crippen LogP contribution in [0.1, 0.15) is 49.4 Å². The molecule has 0 spiro atoms. The molecule has 0 saturated heterocycles. The average Bonchev–Trinajstić information content (AvgIpc) is 2.88. The highest BCUT2D eigenvalue weighted by atomic mass is 32.1. The summed E-state index contributed by atoms with van der Waals surface area (Å²) in [6, 6.07) is 2.53. The van der Waals surface area contributed by atoms with E-state index < -0.39 is 17.4 Å². The molecule has 1 aromatic rings. The number of rotatable bonds is 5. The van der Waals surface area contributed by atoms with Crippen molar-refractivity contribution in [3.63, 3.8) is 0 Å². The van der Waals surface area contributed by atoms with Gasteiger partial charge in [-0.25, -0.2) is 4.79 Å². The van der Waals surface area contributed by atoms with E-state index >= 15 is 0 Å². The predicted molar refractivity (Wildman–Crippen MR) is 82.0 cm³/mol. The average molecular weight is 310 g/mol. The number of hydrogen-bond donors (Lipinski definition) is 3. The Hall–Kier alpha value is -1.40. The first-order chi connectivity index (χ1) is 10.1. The Kier molecular flexibility index (Phi) is 5.36. The van der Waals surface area contributed by atoms with E-state index in [2.05, 4.69) is 5.32 Å². The van der Waals surface area contributed by atoms with Crippen molar-refractivity contribution in [3.8, 4) is 0 Å². The third-order valence-corrected chi connectivity index (χ3v) is 5.22. The van der Waals surface area contributed by atoms with E-state index in [9.17, 15) is 14.7 Å². The SMILES string of the molecule is NCC1(C(=O)NC(C(=O)O)c2cccs2)CCCCCC1. The Morgan fingerprint density at radius 3 is 2.48 bits per heavy atom. The van der Waals surface area contributed by atoms with Crippen molar-refractivity contribution in [2.45, 2.75) is 44.6 Å². The van der Waals surface area contributed by atoms with Crippen molar-refractivity contribution >= 4 is 23.2 Å². The van der Waals surface area contributed by atoms with E-state index in [4.69, 9.17) is 5.73 Å². The number of nitrogens with two attached hydrogens (primary N) is 1. The zero-order chi connectivity index (χ0) is 15.3. The summed E-state index contributed by atoms with van der Waals surface area (Å²) < 4.78 is 0. The molecule has 0 aliphatic heterocycles. The predicted octanol–water partition coefficient (Wildman–Crippen LogP) is 2.29. The van der Waals surface area contributed by atoms with Gasteiger partial charge in [-0.2, -0.15) is 0 Å². The maximum Gasteiger partial charge on any atom is 0.331 e. The molecule has 5 nitrogen and oxygen atoms in total. The molecule has 1 aliphatic rings. The van der Waals surface area contributed by atoms with Gasteiger partial charge in [0.2, 0.25) is 5.91 Å². The topological polar surface area (TPSA) is 92.4 Å². The van der Waals surface area contributed by atoms with Crippen LogP contribution in [-0.2, 0) is 9.59 Å². The molecule has 1 saturated carbocycles. The Labute approximate surface area is 128 Å². The van der Waals surface area contributed by atoms with Gasteiger partial charge in [-0.15, -0.1) is 11.3 Å². The lowest BCUT2D eigenvalue weighted by Crippen LogP contribution is -2.48. The van der Waals surface area contributed by atoms with Gasteiger partial charge in [0, 0.05) is 11.4 Å². The second kappa shape index (κ2) is 7.04. The molecule has 116 valence electrons. The Morgan fingerprint density at radius 2 is 2.00 bits per heavy atom. The second-order valence-corrected chi connectivity index (χ2v) is 6.64. The summed E-state index contributed by atoms with van der Waals surface area (Å²) in [5.41, 5.74) is 5.26. The Balaban J connectivity index is 2.15. The summed E-state index contributed by atoms with van der Waals surface area (Å²) in [7, 11) is 0. The summed E-state index contributed by atoms with van der Waals surface area (Å²) in [5, 5.41) is 13.9. The summed E-state index contributed by atoms with van der Waals surface area (Å²) in [6.07, 6.45) is 5.66. The summed E-state index contributed by atoms with van der Waals surface area (Å²) in [6.45, 7) is 0.273. The highest BCUT2D eigenvalue weighted by Gasteiger charge is 2.39. The van der Waals surface area contributed by atoms with Gasteiger partial charge in [0.1, 0.15) is 0 Å². The highest BCUT2D eigenvalue weighted by Crippen LogP contribution is 2.35. The van der Waals surface area contributed by atoms with Crippen LogP contribution in [0, 0.1) is 5.41 Å². The lowest BCUT2D eigenvalue weighted by atomic mass is 9.79. The fourth-order valence-corrected chi connectivity index (χ4v) is 3.69. The Morgan fingerprint density at radius 1 is 1.33 bits per heavy atom.